The Bertz CT molecular complexity index is 667. The van der Waals surface area contributed by atoms with Crippen LogP contribution in [0.15, 0.2) is 54.9 Å². The Balaban J connectivity index is 2.04. The zero-order chi connectivity index (χ0) is 12.4. The molecule has 3 aromatic rings. The Morgan fingerprint density at radius 1 is 0.833 bits per heavy atom. The molecule has 4 nitrogen and oxygen atoms in total. The molecule has 0 N–H and O–H groups in total. The smallest absolute Gasteiger partial charge is 0.153 e. The van der Waals surface area contributed by atoms with Crippen molar-refractivity contribution in [3.63, 3.8) is 0 Å². The van der Waals surface area contributed by atoms with E-state index in [1.54, 1.807) is 12.4 Å². The molecule has 0 fully saturated rings. The van der Waals surface area contributed by atoms with Crippen LogP contribution in [0.1, 0.15) is 0 Å². The second-order valence-corrected chi connectivity index (χ2v) is 3.96. The summed E-state index contributed by atoms with van der Waals surface area (Å²) in [7, 11) is 1.93. The van der Waals surface area contributed by atoms with Crippen LogP contribution in [-0.2, 0) is 0 Å². The Hall–Kier alpha value is -2.49. The van der Waals surface area contributed by atoms with Crippen LogP contribution < -0.4 is 4.90 Å². The topological polar surface area (TPSA) is 41.9 Å². The number of nitrogens with zero attached hydrogens (tertiary/aromatic N) is 4. The largest absolute Gasteiger partial charge is 0.313 e. The fourth-order valence-corrected chi connectivity index (χ4v) is 1.78. The number of anilines is 2. The molecule has 88 valence electrons. The third-order valence-electron chi connectivity index (χ3n) is 2.77. The Kier molecular flexibility index (Phi) is 2.61. The van der Waals surface area contributed by atoms with Gasteiger partial charge in [0, 0.05) is 13.2 Å². The van der Waals surface area contributed by atoms with Crippen LogP contribution in [-0.4, -0.2) is 22.0 Å². The molecule has 2 heterocycles. The lowest BCUT2D eigenvalue weighted by Gasteiger charge is -2.16. The molecule has 0 radical (unpaired) electrons. The molecule has 0 saturated heterocycles. The zero-order valence-corrected chi connectivity index (χ0v) is 9.99. The molecule has 0 amide bonds. The summed E-state index contributed by atoms with van der Waals surface area (Å²) in [6, 6.07) is 13.6. The van der Waals surface area contributed by atoms with E-state index in [1.165, 1.54) is 0 Å². The minimum Gasteiger partial charge on any atom is -0.313 e. The number of hydrogen-bond donors (Lipinski definition) is 0. The number of aromatic nitrogens is 3. The van der Waals surface area contributed by atoms with Crippen LogP contribution in [0, 0.1) is 0 Å². The van der Waals surface area contributed by atoms with Crippen molar-refractivity contribution < 1.29 is 0 Å². The van der Waals surface area contributed by atoms with Crippen molar-refractivity contribution in [2.75, 3.05) is 11.9 Å². The van der Waals surface area contributed by atoms with E-state index in [4.69, 9.17) is 0 Å². The molecule has 0 bridgehead atoms. The zero-order valence-electron chi connectivity index (χ0n) is 9.99. The molecular weight excluding hydrogens is 224 g/mol. The number of rotatable bonds is 2. The lowest BCUT2D eigenvalue weighted by molar-refractivity contribution is 1.07. The highest BCUT2D eigenvalue weighted by Gasteiger charge is 2.07. The van der Waals surface area contributed by atoms with Crippen LogP contribution in [0.4, 0.5) is 11.6 Å². The monoisotopic (exact) mass is 236 g/mol. The molecule has 0 atom stereocenters. The first-order valence-corrected chi connectivity index (χ1v) is 5.71. The summed E-state index contributed by atoms with van der Waals surface area (Å²) in [6.45, 7) is 0. The second-order valence-electron chi connectivity index (χ2n) is 3.96. The predicted octanol–water partition coefficient (Wildman–Crippen LogP) is 2.79. The molecule has 0 saturated carbocycles. The van der Waals surface area contributed by atoms with E-state index in [1.807, 2.05) is 54.4 Å². The predicted molar refractivity (Wildman–Crippen MR) is 71.8 cm³/mol. The van der Waals surface area contributed by atoms with E-state index >= 15 is 0 Å². The normalized spacial score (nSPS) is 10.5. The van der Waals surface area contributed by atoms with Crippen LogP contribution in [0.25, 0.3) is 11.0 Å². The second kappa shape index (κ2) is 4.41. The maximum absolute atomic E-state index is 4.57. The molecule has 1 aromatic carbocycles. The van der Waals surface area contributed by atoms with E-state index in [2.05, 4.69) is 15.0 Å². The Labute approximate surface area is 105 Å². The highest BCUT2D eigenvalue weighted by Crippen LogP contribution is 2.20. The lowest BCUT2D eigenvalue weighted by Crippen LogP contribution is -2.12. The van der Waals surface area contributed by atoms with E-state index < -0.39 is 0 Å². The summed E-state index contributed by atoms with van der Waals surface area (Å²) in [5.74, 6) is 1.63. The van der Waals surface area contributed by atoms with Gasteiger partial charge < -0.3 is 4.90 Å². The standard InChI is InChI=1S/C14H12N4/c1-18(13-8-4-5-9-15-13)14-10-16-11-6-2-3-7-12(11)17-14/h2-10H,1H3. The van der Waals surface area contributed by atoms with E-state index in [0.29, 0.717) is 0 Å². The molecular formula is C14H12N4. The molecule has 0 spiro atoms. The average molecular weight is 236 g/mol. The molecule has 0 aliphatic rings. The van der Waals surface area contributed by atoms with Crippen molar-refractivity contribution in [1.29, 1.82) is 0 Å². The minimum atomic E-state index is 0.785. The fourth-order valence-electron chi connectivity index (χ4n) is 1.78. The highest BCUT2D eigenvalue weighted by atomic mass is 15.2. The average Bonchev–Trinajstić information content (AvgIpc) is 2.47. The molecule has 2 aromatic heterocycles. The van der Waals surface area contributed by atoms with Crippen LogP contribution >= 0.6 is 0 Å². The molecule has 18 heavy (non-hydrogen) atoms. The molecule has 0 unspecified atom stereocenters. The summed E-state index contributed by atoms with van der Waals surface area (Å²) in [6.07, 6.45) is 3.53. The maximum atomic E-state index is 4.57. The van der Waals surface area contributed by atoms with Gasteiger partial charge in [-0.3, -0.25) is 4.98 Å². The van der Waals surface area contributed by atoms with Crippen LogP contribution in [0.5, 0.6) is 0 Å². The first-order chi connectivity index (χ1) is 8.84. The molecule has 3 rings (SSSR count). The van der Waals surface area contributed by atoms with E-state index in [0.717, 1.165) is 22.7 Å². The third-order valence-corrected chi connectivity index (χ3v) is 2.77. The number of pyridine rings is 1. The van der Waals surface area contributed by atoms with Gasteiger partial charge in [0.05, 0.1) is 17.2 Å². The van der Waals surface area contributed by atoms with Gasteiger partial charge in [0.1, 0.15) is 5.82 Å². The fraction of sp³-hybridized carbons (Fsp3) is 0.0714. The third kappa shape index (κ3) is 1.88. The Morgan fingerprint density at radius 3 is 2.39 bits per heavy atom. The summed E-state index contributed by atoms with van der Waals surface area (Å²) < 4.78 is 0. The van der Waals surface area contributed by atoms with Crippen molar-refractivity contribution in [3.8, 4) is 0 Å². The molecule has 4 heteroatoms. The van der Waals surface area contributed by atoms with Gasteiger partial charge in [-0.05, 0) is 24.3 Å². The highest BCUT2D eigenvalue weighted by molar-refractivity contribution is 5.76. The van der Waals surface area contributed by atoms with Crippen molar-refractivity contribution in [3.05, 3.63) is 54.9 Å². The number of para-hydroxylation sites is 2. The van der Waals surface area contributed by atoms with Crippen molar-refractivity contribution in [2.45, 2.75) is 0 Å². The number of hydrogen-bond acceptors (Lipinski definition) is 4. The first kappa shape index (κ1) is 10.7. The van der Waals surface area contributed by atoms with Crippen molar-refractivity contribution >= 4 is 22.7 Å². The van der Waals surface area contributed by atoms with Gasteiger partial charge in [0.25, 0.3) is 0 Å². The molecule has 0 aliphatic heterocycles. The maximum Gasteiger partial charge on any atom is 0.153 e. The molecule has 0 aliphatic carbocycles. The van der Waals surface area contributed by atoms with Crippen LogP contribution in [0.2, 0.25) is 0 Å². The Morgan fingerprint density at radius 2 is 1.61 bits per heavy atom. The van der Waals surface area contributed by atoms with Gasteiger partial charge >= 0.3 is 0 Å². The van der Waals surface area contributed by atoms with Gasteiger partial charge in [-0.1, -0.05) is 18.2 Å². The van der Waals surface area contributed by atoms with Crippen molar-refractivity contribution in [1.82, 2.24) is 15.0 Å². The van der Waals surface area contributed by atoms with Crippen LogP contribution in [0.3, 0.4) is 0 Å². The minimum absolute atomic E-state index is 0.785. The van der Waals surface area contributed by atoms with E-state index in [9.17, 15) is 0 Å². The summed E-state index contributed by atoms with van der Waals surface area (Å²) in [5.41, 5.74) is 1.79. The number of benzene rings is 1. The SMILES string of the molecule is CN(c1ccccn1)c1cnc2ccccc2n1. The van der Waals surface area contributed by atoms with Gasteiger partial charge in [0.2, 0.25) is 0 Å². The summed E-state index contributed by atoms with van der Waals surface area (Å²) in [4.78, 5) is 15.2. The van der Waals surface area contributed by atoms with Gasteiger partial charge in [-0.25, -0.2) is 9.97 Å². The summed E-state index contributed by atoms with van der Waals surface area (Å²) >= 11 is 0. The summed E-state index contributed by atoms with van der Waals surface area (Å²) in [5, 5.41) is 0. The van der Waals surface area contributed by atoms with Gasteiger partial charge in [-0.15, -0.1) is 0 Å². The first-order valence-electron chi connectivity index (χ1n) is 5.71. The quantitative estimate of drug-likeness (QED) is 0.686. The number of fused-ring (bicyclic) bond motifs is 1. The van der Waals surface area contributed by atoms with Gasteiger partial charge in [0.15, 0.2) is 5.82 Å². The van der Waals surface area contributed by atoms with E-state index in [-0.39, 0.29) is 0 Å². The van der Waals surface area contributed by atoms with Gasteiger partial charge in [-0.2, -0.15) is 0 Å². The van der Waals surface area contributed by atoms with Crippen molar-refractivity contribution in [2.24, 2.45) is 0 Å². The lowest BCUT2D eigenvalue weighted by atomic mass is 10.3.